The first-order valence-corrected chi connectivity index (χ1v) is 8.50. The van der Waals surface area contributed by atoms with Gasteiger partial charge in [-0.05, 0) is 31.6 Å². The fourth-order valence-corrected chi connectivity index (χ4v) is 3.24. The molecule has 0 radical (unpaired) electrons. The van der Waals surface area contributed by atoms with Crippen LogP contribution in [0.2, 0.25) is 12.6 Å². The normalized spacial score (nSPS) is 13.6. The molecule has 1 unspecified atom stereocenters. The van der Waals surface area contributed by atoms with Crippen LogP contribution in [0.4, 0.5) is 0 Å². The summed E-state index contributed by atoms with van der Waals surface area (Å²) in [7, 11) is 3.53. The Morgan fingerprint density at radius 2 is 1.76 bits per heavy atom. The Kier molecular flexibility index (Phi) is 5.84. The molecule has 1 rings (SSSR count). The van der Waals surface area contributed by atoms with E-state index in [-0.39, 0.29) is 0 Å². The topological polar surface area (TPSA) is 30.5 Å². The minimum absolute atomic E-state index is 0.369. The van der Waals surface area contributed by atoms with Crippen molar-refractivity contribution >= 4 is 8.56 Å². The molecule has 17 heavy (non-hydrogen) atoms. The molecule has 1 atom stereocenters. The molecule has 3 nitrogen and oxygen atoms in total. The van der Waals surface area contributed by atoms with Gasteiger partial charge in [-0.2, -0.15) is 0 Å². The van der Waals surface area contributed by atoms with E-state index in [9.17, 15) is 0 Å². The highest BCUT2D eigenvalue weighted by molar-refractivity contribution is 6.65. The first kappa shape index (κ1) is 14.4. The van der Waals surface area contributed by atoms with E-state index in [1.807, 2.05) is 13.1 Å². The van der Waals surface area contributed by atoms with E-state index in [2.05, 4.69) is 36.1 Å². The highest BCUT2D eigenvalue weighted by Crippen LogP contribution is 2.23. The minimum atomic E-state index is -1.95. The van der Waals surface area contributed by atoms with Crippen molar-refractivity contribution < 1.29 is 8.85 Å². The van der Waals surface area contributed by atoms with Crippen molar-refractivity contribution in [3.05, 3.63) is 35.9 Å². The fraction of sp³-hybridized carbons (Fsp3) is 0.538. The average Bonchev–Trinajstić information content (AvgIpc) is 2.40. The number of rotatable bonds is 7. The van der Waals surface area contributed by atoms with Gasteiger partial charge in [0.1, 0.15) is 0 Å². The molecule has 0 saturated carbocycles. The van der Waals surface area contributed by atoms with Crippen molar-refractivity contribution in [2.45, 2.75) is 25.1 Å². The van der Waals surface area contributed by atoms with Gasteiger partial charge in [0.2, 0.25) is 0 Å². The number of benzene rings is 1. The van der Waals surface area contributed by atoms with Crippen LogP contribution in [0.15, 0.2) is 30.3 Å². The maximum Gasteiger partial charge on any atom is 0.334 e. The van der Waals surface area contributed by atoms with E-state index in [0.717, 1.165) is 12.5 Å². The zero-order valence-electron chi connectivity index (χ0n) is 11.2. The SMILES string of the molecule is CNC(CC[Si](C)(OC)OC)c1ccccc1. The Bertz CT molecular complexity index is 314. The van der Waals surface area contributed by atoms with Gasteiger partial charge in [-0.1, -0.05) is 30.3 Å². The molecule has 0 aliphatic carbocycles. The number of hydrogen-bond acceptors (Lipinski definition) is 3. The molecule has 0 bridgehead atoms. The lowest BCUT2D eigenvalue weighted by molar-refractivity contribution is 0.246. The van der Waals surface area contributed by atoms with Gasteiger partial charge in [-0.3, -0.25) is 0 Å². The van der Waals surface area contributed by atoms with Crippen molar-refractivity contribution in [2.24, 2.45) is 0 Å². The molecule has 1 aromatic rings. The van der Waals surface area contributed by atoms with Crippen LogP contribution in [0, 0.1) is 0 Å². The molecule has 0 aromatic heterocycles. The van der Waals surface area contributed by atoms with Gasteiger partial charge in [0, 0.05) is 20.3 Å². The zero-order chi connectivity index (χ0) is 12.7. The quantitative estimate of drug-likeness (QED) is 0.758. The summed E-state index contributed by atoms with van der Waals surface area (Å²) in [5, 5.41) is 3.35. The molecule has 1 aromatic carbocycles. The monoisotopic (exact) mass is 253 g/mol. The predicted molar refractivity (Wildman–Crippen MR) is 73.3 cm³/mol. The summed E-state index contributed by atoms with van der Waals surface area (Å²) in [6.07, 6.45) is 1.03. The van der Waals surface area contributed by atoms with Crippen LogP contribution in [-0.2, 0) is 8.85 Å². The van der Waals surface area contributed by atoms with Crippen molar-refractivity contribution in [1.29, 1.82) is 0 Å². The Labute approximate surface area is 105 Å². The van der Waals surface area contributed by atoms with Gasteiger partial charge in [0.15, 0.2) is 0 Å². The lowest BCUT2D eigenvalue weighted by Crippen LogP contribution is -2.37. The smallest absolute Gasteiger partial charge is 0.334 e. The maximum absolute atomic E-state index is 5.51. The lowest BCUT2D eigenvalue weighted by Gasteiger charge is -2.25. The lowest BCUT2D eigenvalue weighted by atomic mass is 10.1. The highest BCUT2D eigenvalue weighted by Gasteiger charge is 2.29. The molecule has 1 N–H and O–H groups in total. The number of hydrogen-bond donors (Lipinski definition) is 1. The molecular weight excluding hydrogens is 230 g/mol. The molecule has 4 heteroatoms. The molecule has 0 aliphatic rings. The second-order valence-electron chi connectivity index (χ2n) is 4.33. The van der Waals surface area contributed by atoms with Crippen LogP contribution in [0.1, 0.15) is 18.0 Å². The van der Waals surface area contributed by atoms with E-state index in [0.29, 0.717) is 6.04 Å². The fourth-order valence-electron chi connectivity index (χ4n) is 1.86. The van der Waals surface area contributed by atoms with Crippen LogP contribution in [0.3, 0.4) is 0 Å². The molecule has 0 spiro atoms. The average molecular weight is 253 g/mol. The highest BCUT2D eigenvalue weighted by atomic mass is 28.4. The Morgan fingerprint density at radius 1 is 1.18 bits per heavy atom. The summed E-state index contributed by atoms with van der Waals surface area (Å²) in [4.78, 5) is 0. The minimum Gasteiger partial charge on any atom is -0.398 e. The Balaban J connectivity index is 2.60. The van der Waals surface area contributed by atoms with Crippen molar-refractivity contribution in [2.75, 3.05) is 21.3 Å². The van der Waals surface area contributed by atoms with Crippen molar-refractivity contribution in [3.8, 4) is 0 Å². The molecule has 0 fully saturated rings. The molecule has 0 heterocycles. The Morgan fingerprint density at radius 3 is 2.24 bits per heavy atom. The van der Waals surface area contributed by atoms with Gasteiger partial charge in [0.25, 0.3) is 0 Å². The molecule has 0 aliphatic heterocycles. The largest absolute Gasteiger partial charge is 0.398 e. The van der Waals surface area contributed by atoms with Crippen LogP contribution >= 0.6 is 0 Å². The standard InChI is InChI=1S/C13H23NO2Si/c1-14-13(12-8-6-5-7-9-12)10-11-17(4,15-2)16-3/h5-9,13-14H,10-11H2,1-4H3. The third-order valence-electron chi connectivity index (χ3n) is 3.30. The van der Waals surface area contributed by atoms with Crippen molar-refractivity contribution in [1.82, 2.24) is 5.32 Å². The van der Waals surface area contributed by atoms with Crippen LogP contribution in [0.25, 0.3) is 0 Å². The molecule has 0 amide bonds. The van der Waals surface area contributed by atoms with E-state index >= 15 is 0 Å². The second-order valence-corrected chi connectivity index (χ2v) is 7.92. The van der Waals surface area contributed by atoms with Gasteiger partial charge in [-0.25, -0.2) is 0 Å². The summed E-state index contributed by atoms with van der Waals surface area (Å²) in [6, 6.07) is 11.8. The first-order chi connectivity index (χ1) is 8.15. The molecule has 0 saturated heterocycles. The maximum atomic E-state index is 5.51. The molecular formula is C13H23NO2Si. The van der Waals surface area contributed by atoms with Crippen molar-refractivity contribution in [3.63, 3.8) is 0 Å². The summed E-state index contributed by atoms with van der Waals surface area (Å²) >= 11 is 0. The molecule has 96 valence electrons. The van der Waals surface area contributed by atoms with Gasteiger partial charge < -0.3 is 14.2 Å². The van der Waals surface area contributed by atoms with Gasteiger partial charge in [0.05, 0.1) is 0 Å². The summed E-state index contributed by atoms with van der Waals surface area (Å²) < 4.78 is 11.0. The number of nitrogens with one attached hydrogen (secondary N) is 1. The third-order valence-corrected chi connectivity index (χ3v) is 6.23. The summed E-state index contributed by atoms with van der Waals surface area (Å²) in [6.45, 7) is 2.10. The van der Waals surface area contributed by atoms with Crippen LogP contribution < -0.4 is 5.32 Å². The van der Waals surface area contributed by atoms with Gasteiger partial charge >= 0.3 is 8.56 Å². The third kappa shape index (κ3) is 4.24. The predicted octanol–water partition coefficient (Wildman–Crippen LogP) is 2.70. The summed E-state index contributed by atoms with van der Waals surface area (Å²) in [5.74, 6) is 0. The second kappa shape index (κ2) is 6.91. The van der Waals surface area contributed by atoms with Gasteiger partial charge in [-0.15, -0.1) is 0 Å². The Hall–Kier alpha value is -0.683. The zero-order valence-corrected chi connectivity index (χ0v) is 12.2. The summed E-state index contributed by atoms with van der Waals surface area (Å²) in [5.41, 5.74) is 1.32. The van der Waals surface area contributed by atoms with E-state index in [1.165, 1.54) is 5.56 Å². The van der Waals surface area contributed by atoms with E-state index in [4.69, 9.17) is 8.85 Å². The van der Waals surface area contributed by atoms with Crippen LogP contribution in [-0.4, -0.2) is 29.8 Å². The first-order valence-electron chi connectivity index (χ1n) is 5.97. The van der Waals surface area contributed by atoms with Crippen LogP contribution in [0.5, 0.6) is 0 Å². The van der Waals surface area contributed by atoms with E-state index in [1.54, 1.807) is 14.2 Å². The van der Waals surface area contributed by atoms with E-state index < -0.39 is 8.56 Å².